The van der Waals surface area contributed by atoms with Crippen LogP contribution < -0.4 is 44.1 Å². The molecule has 260 valence electrons. The number of anilines is 1. The molecule has 4 amide bonds. The van der Waals surface area contributed by atoms with E-state index in [1.807, 2.05) is 0 Å². The van der Waals surface area contributed by atoms with Gasteiger partial charge in [-0.05, 0) is 56.7 Å². The summed E-state index contributed by atoms with van der Waals surface area (Å²) in [4.78, 5) is 73.5. The van der Waals surface area contributed by atoms with Crippen LogP contribution in [-0.2, 0) is 24.0 Å². The van der Waals surface area contributed by atoms with Gasteiger partial charge >= 0.3 is 17.8 Å². The lowest BCUT2D eigenvalue weighted by atomic mass is 10.1. The van der Waals surface area contributed by atoms with Crippen molar-refractivity contribution in [3.05, 3.63) is 40.2 Å². The quantitative estimate of drug-likeness (QED) is 0.0538. The van der Waals surface area contributed by atoms with E-state index < -0.39 is 47.6 Å². The third-order valence-electron chi connectivity index (χ3n) is 6.13. The third kappa shape index (κ3) is 16.1. The van der Waals surface area contributed by atoms with E-state index in [0.717, 1.165) is 10.9 Å². The second-order valence-corrected chi connectivity index (χ2v) is 10.1. The van der Waals surface area contributed by atoms with Crippen molar-refractivity contribution in [2.45, 2.75) is 64.2 Å². The minimum absolute atomic E-state index is 0.0503. The summed E-state index contributed by atoms with van der Waals surface area (Å²) < 4.78 is 37.0. The highest BCUT2D eigenvalue weighted by molar-refractivity contribution is 5.99. The lowest BCUT2D eigenvalue weighted by molar-refractivity contribution is -0.192. The minimum Gasteiger partial charge on any atom is -0.475 e. The fourth-order valence-electron chi connectivity index (χ4n) is 3.83. The second-order valence-electron chi connectivity index (χ2n) is 10.1. The Morgan fingerprint density at radius 2 is 1.66 bits per heavy atom. The summed E-state index contributed by atoms with van der Waals surface area (Å²) in [6.45, 7) is 3.57. The zero-order chi connectivity index (χ0) is 35.7. The first-order chi connectivity index (χ1) is 21.9. The standard InChI is InChI=1S/C26H38N8O6.C2HF3O2/c1-15-12-23(37)40-21-13-17(8-9-18(15)21)33-25(39)20(7-3-4-10-30-16(2)35)34-22(36)14-32-24(38)19(27)6-5-11-31-26(28)29;3-2(4,5)1(6)7/h8-9,12-13,19-20H,3-7,10-11,14,27H2,1-2H3,(H,30,35)(H,32,38)(H,33,39)(H,34,36)(H4,28,29,31);(H,6,7)/t19-,20-;/m0./s1. The van der Waals surface area contributed by atoms with Crippen molar-refractivity contribution in [3.63, 3.8) is 0 Å². The van der Waals surface area contributed by atoms with Crippen LogP contribution in [0.2, 0.25) is 0 Å². The summed E-state index contributed by atoms with van der Waals surface area (Å²) in [7, 11) is 0. The smallest absolute Gasteiger partial charge is 0.475 e. The average molecular weight is 673 g/mol. The van der Waals surface area contributed by atoms with E-state index in [2.05, 4.69) is 26.3 Å². The summed E-state index contributed by atoms with van der Waals surface area (Å²) >= 11 is 0. The number of amides is 4. The lowest BCUT2D eigenvalue weighted by Crippen LogP contribution is -2.49. The molecule has 0 aliphatic heterocycles. The predicted molar refractivity (Wildman–Crippen MR) is 165 cm³/mol. The second kappa shape index (κ2) is 19.3. The number of carbonyl (C=O) groups is 5. The van der Waals surface area contributed by atoms with E-state index in [0.29, 0.717) is 50.0 Å². The Balaban J connectivity index is 0.00000141. The third-order valence-corrected chi connectivity index (χ3v) is 6.13. The fourth-order valence-corrected chi connectivity index (χ4v) is 3.83. The van der Waals surface area contributed by atoms with Crippen molar-refractivity contribution in [1.29, 1.82) is 0 Å². The molecule has 1 aromatic carbocycles. The van der Waals surface area contributed by atoms with Crippen molar-refractivity contribution in [1.82, 2.24) is 16.0 Å². The van der Waals surface area contributed by atoms with Crippen molar-refractivity contribution in [3.8, 4) is 0 Å². The maximum absolute atomic E-state index is 13.1. The maximum atomic E-state index is 13.1. The van der Waals surface area contributed by atoms with E-state index in [4.69, 9.17) is 31.5 Å². The van der Waals surface area contributed by atoms with Crippen molar-refractivity contribution in [2.75, 3.05) is 25.0 Å². The molecule has 0 unspecified atom stereocenters. The number of nitrogens with one attached hydrogen (secondary N) is 4. The topological polar surface area (TPSA) is 274 Å². The van der Waals surface area contributed by atoms with Gasteiger partial charge in [0.1, 0.15) is 11.6 Å². The highest BCUT2D eigenvalue weighted by Crippen LogP contribution is 2.21. The number of aliphatic imine (C=N–C) groups is 1. The van der Waals surface area contributed by atoms with Crippen LogP contribution in [0.3, 0.4) is 0 Å². The number of unbranched alkanes of at least 4 members (excludes halogenated alkanes) is 1. The van der Waals surface area contributed by atoms with Gasteiger partial charge in [0.25, 0.3) is 0 Å². The molecule has 0 saturated heterocycles. The van der Waals surface area contributed by atoms with E-state index in [9.17, 15) is 37.1 Å². The van der Waals surface area contributed by atoms with Gasteiger partial charge in [-0.3, -0.25) is 24.2 Å². The summed E-state index contributed by atoms with van der Waals surface area (Å²) in [5, 5.41) is 18.4. The number of halogens is 3. The number of nitrogens with zero attached hydrogens (tertiary/aromatic N) is 1. The number of hydrogen-bond acceptors (Lipinski definition) is 9. The Hall–Kier alpha value is -5.20. The molecule has 1 aromatic heterocycles. The molecular weight excluding hydrogens is 633 g/mol. The van der Waals surface area contributed by atoms with Crippen LogP contribution in [0, 0.1) is 6.92 Å². The Morgan fingerprint density at radius 1 is 1.00 bits per heavy atom. The van der Waals surface area contributed by atoms with Crippen molar-refractivity contribution in [2.24, 2.45) is 22.2 Å². The van der Waals surface area contributed by atoms with Crippen LogP contribution in [-0.4, -0.2) is 78.6 Å². The number of nitrogens with two attached hydrogens (primary N) is 3. The van der Waals surface area contributed by atoms with Crippen LogP contribution in [0.15, 0.2) is 38.5 Å². The number of guanidine groups is 1. The number of aliphatic carboxylic acids is 1. The largest absolute Gasteiger partial charge is 0.490 e. The minimum atomic E-state index is -5.08. The van der Waals surface area contributed by atoms with E-state index in [1.165, 1.54) is 19.1 Å². The van der Waals surface area contributed by atoms with Crippen molar-refractivity contribution >= 4 is 52.2 Å². The molecule has 2 rings (SSSR count). The van der Waals surface area contributed by atoms with Gasteiger partial charge in [0.2, 0.25) is 23.6 Å². The predicted octanol–water partition coefficient (Wildman–Crippen LogP) is -0.0385. The summed E-state index contributed by atoms with van der Waals surface area (Å²) in [6, 6.07) is 4.51. The van der Waals surface area contributed by atoms with Gasteiger partial charge in [-0.15, -0.1) is 0 Å². The van der Waals surface area contributed by atoms with Gasteiger partial charge in [-0.2, -0.15) is 13.2 Å². The Morgan fingerprint density at radius 3 is 2.26 bits per heavy atom. The number of carboxylic acids is 1. The van der Waals surface area contributed by atoms with Gasteiger partial charge in [0, 0.05) is 43.2 Å². The zero-order valence-corrected chi connectivity index (χ0v) is 25.7. The van der Waals surface area contributed by atoms with Crippen LogP contribution in [0.1, 0.15) is 44.6 Å². The molecule has 1 heterocycles. The summed E-state index contributed by atoms with van der Waals surface area (Å²) in [5.41, 5.74) is 17.3. The SMILES string of the molecule is CC(=O)NCCCC[C@H](NC(=O)CNC(=O)[C@@H](N)CCCN=C(N)N)C(=O)Nc1ccc2c(C)cc(=O)oc2c1.O=C(O)C(F)(F)F. The first-order valence-electron chi connectivity index (χ1n) is 14.2. The first kappa shape index (κ1) is 39.8. The van der Waals surface area contributed by atoms with Gasteiger partial charge in [0.15, 0.2) is 5.96 Å². The molecule has 19 heteroatoms. The molecule has 0 spiro atoms. The van der Waals surface area contributed by atoms with E-state index >= 15 is 0 Å². The molecule has 0 fully saturated rings. The average Bonchev–Trinajstić information content (AvgIpc) is 2.96. The molecular formula is C28H39F3N8O8. The van der Waals surface area contributed by atoms with E-state index in [1.54, 1.807) is 19.1 Å². The number of benzene rings is 1. The van der Waals surface area contributed by atoms with Crippen LogP contribution in [0.5, 0.6) is 0 Å². The fraction of sp³-hybridized carbons (Fsp3) is 0.464. The molecule has 0 bridgehead atoms. The van der Waals surface area contributed by atoms with Crippen LogP contribution in [0.25, 0.3) is 11.0 Å². The highest BCUT2D eigenvalue weighted by Gasteiger charge is 2.38. The Kier molecular flexibility index (Phi) is 16.4. The highest BCUT2D eigenvalue weighted by atomic mass is 19.4. The molecule has 2 aromatic rings. The van der Waals surface area contributed by atoms with Gasteiger partial charge in [-0.1, -0.05) is 0 Å². The normalized spacial score (nSPS) is 12.0. The number of carboxylic acid groups (broad SMARTS) is 1. The molecule has 47 heavy (non-hydrogen) atoms. The Bertz CT molecular complexity index is 1490. The van der Waals surface area contributed by atoms with Crippen LogP contribution in [0.4, 0.5) is 18.9 Å². The molecule has 0 aliphatic carbocycles. The monoisotopic (exact) mass is 672 g/mol. The number of rotatable bonds is 15. The number of hydrogen-bond donors (Lipinski definition) is 8. The first-order valence-corrected chi connectivity index (χ1v) is 14.2. The summed E-state index contributed by atoms with van der Waals surface area (Å²) in [6.07, 6.45) is -2.90. The molecule has 0 aliphatic rings. The number of carbonyl (C=O) groups excluding carboxylic acids is 4. The number of aryl methyl sites for hydroxylation is 1. The molecule has 2 atom stereocenters. The molecule has 0 saturated carbocycles. The number of fused-ring (bicyclic) bond motifs is 1. The number of alkyl halides is 3. The molecule has 0 radical (unpaired) electrons. The zero-order valence-electron chi connectivity index (χ0n) is 25.7. The van der Waals surface area contributed by atoms with Crippen LogP contribution >= 0.6 is 0 Å². The molecule has 11 N–H and O–H groups in total. The Labute approximate surface area is 266 Å². The maximum Gasteiger partial charge on any atom is 0.490 e. The van der Waals surface area contributed by atoms with Gasteiger partial charge in [-0.25, -0.2) is 9.59 Å². The van der Waals surface area contributed by atoms with Gasteiger partial charge < -0.3 is 48.0 Å². The lowest BCUT2D eigenvalue weighted by Gasteiger charge is -2.19. The van der Waals surface area contributed by atoms with Crippen molar-refractivity contribution < 1.29 is 46.7 Å². The van der Waals surface area contributed by atoms with Gasteiger partial charge in [0.05, 0.1) is 12.6 Å². The molecule has 16 nitrogen and oxygen atoms in total. The van der Waals surface area contributed by atoms with E-state index in [-0.39, 0.29) is 24.8 Å². The summed E-state index contributed by atoms with van der Waals surface area (Å²) in [5.74, 6) is -4.57.